The Kier molecular flexibility index (Phi) is 5.38. The first kappa shape index (κ1) is 14.4. The van der Waals surface area contributed by atoms with E-state index in [1.807, 2.05) is 0 Å². The van der Waals surface area contributed by atoms with Gasteiger partial charge in [0.25, 0.3) is 0 Å². The summed E-state index contributed by atoms with van der Waals surface area (Å²) in [5, 5.41) is 0. The van der Waals surface area contributed by atoms with Crippen molar-refractivity contribution < 1.29 is 4.74 Å². The number of benzene rings is 1. The maximum Gasteiger partial charge on any atom is 0.119 e. The molecule has 0 spiro atoms. The van der Waals surface area contributed by atoms with E-state index in [9.17, 15) is 0 Å². The van der Waals surface area contributed by atoms with Gasteiger partial charge in [-0.2, -0.15) is 12.6 Å². The fourth-order valence-electron chi connectivity index (χ4n) is 1.56. The first-order chi connectivity index (χ1) is 7.97. The van der Waals surface area contributed by atoms with Crippen LogP contribution in [-0.4, -0.2) is 12.4 Å². The molecule has 0 radical (unpaired) electrons. The van der Waals surface area contributed by atoms with Crippen LogP contribution in [0.2, 0.25) is 0 Å². The molecule has 1 rings (SSSR count). The zero-order valence-electron chi connectivity index (χ0n) is 11.4. The minimum Gasteiger partial charge on any atom is -0.493 e. The number of hydrogen-bond acceptors (Lipinski definition) is 2. The van der Waals surface area contributed by atoms with Crippen LogP contribution in [0.3, 0.4) is 0 Å². The summed E-state index contributed by atoms with van der Waals surface area (Å²) in [5.41, 5.74) is 1.54. The summed E-state index contributed by atoms with van der Waals surface area (Å²) in [7, 11) is 0. The molecule has 0 aromatic heterocycles. The number of hydrogen-bond donors (Lipinski definition) is 1. The molecule has 0 N–H and O–H groups in total. The monoisotopic (exact) mass is 252 g/mol. The minimum absolute atomic E-state index is 0.204. The minimum atomic E-state index is 0.204. The lowest BCUT2D eigenvalue weighted by molar-refractivity contribution is 0.259. The second-order valence-electron chi connectivity index (χ2n) is 5.54. The third kappa shape index (κ3) is 4.63. The fraction of sp³-hybridized carbons (Fsp3) is 0.600. The molecule has 0 fully saturated rings. The summed E-state index contributed by atoms with van der Waals surface area (Å²) in [6, 6.07) is 8.42. The average Bonchev–Trinajstić information content (AvgIpc) is 2.30. The molecule has 0 bridgehead atoms. The van der Waals surface area contributed by atoms with Gasteiger partial charge in [-0.15, -0.1) is 0 Å². The second-order valence-corrected chi connectivity index (χ2v) is 5.91. The zero-order valence-corrected chi connectivity index (χ0v) is 12.3. The maximum absolute atomic E-state index is 5.77. The summed E-state index contributed by atoms with van der Waals surface area (Å²) in [5.74, 6) is 2.38. The first-order valence-corrected chi connectivity index (χ1v) is 6.94. The molecule has 0 amide bonds. The molecule has 0 aliphatic carbocycles. The third-order valence-corrected chi connectivity index (χ3v) is 3.56. The zero-order chi connectivity index (χ0) is 12.9. The van der Waals surface area contributed by atoms with Gasteiger partial charge in [0, 0.05) is 5.92 Å². The van der Waals surface area contributed by atoms with Gasteiger partial charge in [0.05, 0.1) is 6.61 Å². The average molecular weight is 252 g/mol. The van der Waals surface area contributed by atoms with Gasteiger partial charge in [-0.25, -0.2) is 0 Å². The van der Waals surface area contributed by atoms with Crippen molar-refractivity contribution in [1.82, 2.24) is 0 Å². The van der Waals surface area contributed by atoms with E-state index in [0.717, 1.165) is 24.5 Å². The topological polar surface area (TPSA) is 9.23 Å². The van der Waals surface area contributed by atoms with Crippen LogP contribution in [0.25, 0.3) is 0 Å². The molecule has 1 atom stereocenters. The number of thiol groups is 1. The lowest BCUT2D eigenvalue weighted by atomic mass is 9.87. The SMILES string of the molecule is CCC(CS)COc1ccc(C(C)(C)C)cc1. The summed E-state index contributed by atoms with van der Waals surface area (Å²) < 4.78 is 5.77. The number of ether oxygens (including phenoxy) is 1. The van der Waals surface area contributed by atoms with E-state index >= 15 is 0 Å². The summed E-state index contributed by atoms with van der Waals surface area (Å²) in [4.78, 5) is 0. The molecule has 17 heavy (non-hydrogen) atoms. The second kappa shape index (κ2) is 6.34. The number of rotatable bonds is 5. The summed E-state index contributed by atoms with van der Waals surface area (Å²) in [6.45, 7) is 9.59. The Morgan fingerprint density at radius 3 is 2.18 bits per heavy atom. The maximum atomic E-state index is 5.77. The molecule has 1 aromatic carbocycles. The van der Waals surface area contributed by atoms with Crippen molar-refractivity contribution in [3.8, 4) is 5.75 Å². The van der Waals surface area contributed by atoms with Gasteiger partial charge in [-0.05, 0) is 35.3 Å². The molecule has 0 heterocycles. The summed E-state index contributed by atoms with van der Waals surface area (Å²) in [6.07, 6.45) is 1.11. The largest absolute Gasteiger partial charge is 0.493 e. The predicted octanol–water partition coefficient (Wildman–Crippen LogP) is 4.32. The van der Waals surface area contributed by atoms with Gasteiger partial charge < -0.3 is 4.74 Å². The Morgan fingerprint density at radius 2 is 1.76 bits per heavy atom. The van der Waals surface area contributed by atoms with Crippen LogP contribution < -0.4 is 4.74 Å². The fourth-order valence-corrected chi connectivity index (χ4v) is 1.93. The Hall–Kier alpha value is -0.630. The van der Waals surface area contributed by atoms with E-state index in [0.29, 0.717) is 5.92 Å². The third-order valence-electron chi connectivity index (χ3n) is 3.04. The van der Waals surface area contributed by atoms with E-state index < -0.39 is 0 Å². The van der Waals surface area contributed by atoms with Gasteiger partial charge >= 0.3 is 0 Å². The molecular formula is C15H24OS. The lowest BCUT2D eigenvalue weighted by Gasteiger charge is -2.19. The Morgan fingerprint density at radius 1 is 1.18 bits per heavy atom. The van der Waals surface area contributed by atoms with Crippen molar-refractivity contribution in [3.63, 3.8) is 0 Å². The molecule has 1 aromatic rings. The summed E-state index contributed by atoms with van der Waals surface area (Å²) >= 11 is 4.32. The molecular weight excluding hydrogens is 228 g/mol. The van der Waals surface area contributed by atoms with Crippen LogP contribution in [0, 0.1) is 5.92 Å². The van der Waals surface area contributed by atoms with Crippen LogP contribution in [0.15, 0.2) is 24.3 Å². The van der Waals surface area contributed by atoms with E-state index in [4.69, 9.17) is 4.74 Å². The molecule has 0 aliphatic rings. The molecule has 0 saturated heterocycles. The standard InChI is InChI=1S/C15H24OS/c1-5-12(11-17)10-16-14-8-6-13(7-9-14)15(2,3)4/h6-9,12,17H,5,10-11H2,1-4H3. The van der Waals surface area contributed by atoms with Crippen molar-refractivity contribution in [1.29, 1.82) is 0 Å². The van der Waals surface area contributed by atoms with Crippen molar-refractivity contribution in [2.45, 2.75) is 39.5 Å². The first-order valence-electron chi connectivity index (χ1n) is 6.31. The van der Waals surface area contributed by atoms with Crippen molar-refractivity contribution in [2.75, 3.05) is 12.4 Å². The molecule has 1 nitrogen and oxygen atoms in total. The molecule has 2 heteroatoms. The van der Waals surface area contributed by atoms with Crippen molar-refractivity contribution in [2.24, 2.45) is 5.92 Å². The van der Waals surface area contributed by atoms with Crippen LogP contribution in [0.5, 0.6) is 5.75 Å². The van der Waals surface area contributed by atoms with E-state index in [1.165, 1.54) is 5.56 Å². The molecule has 0 saturated carbocycles. The molecule has 1 unspecified atom stereocenters. The quantitative estimate of drug-likeness (QED) is 0.768. The van der Waals surface area contributed by atoms with Gasteiger partial charge in [0.1, 0.15) is 5.75 Å². The van der Waals surface area contributed by atoms with Crippen LogP contribution in [0.1, 0.15) is 39.7 Å². The lowest BCUT2D eigenvalue weighted by Crippen LogP contribution is -2.13. The highest BCUT2D eigenvalue weighted by molar-refractivity contribution is 7.80. The molecule has 0 aliphatic heterocycles. The highest BCUT2D eigenvalue weighted by Gasteiger charge is 2.13. The highest BCUT2D eigenvalue weighted by Crippen LogP contribution is 2.24. The Bertz CT molecular complexity index is 320. The Labute approximate surface area is 111 Å². The van der Waals surface area contributed by atoms with Crippen molar-refractivity contribution >= 4 is 12.6 Å². The van der Waals surface area contributed by atoms with Crippen LogP contribution >= 0.6 is 12.6 Å². The van der Waals surface area contributed by atoms with Crippen molar-refractivity contribution in [3.05, 3.63) is 29.8 Å². The van der Waals surface area contributed by atoms with Gasteiger partial charge in [0.15, 0.2) is 0 Å². The smallest absolute Gasteiger partial charge is 0.119 e. The van der Waals surface area contributed by atoms with E-state index in [-0.39, 0.29) is 5.41 Å². The van der Waals surface area contributed by atoms with Gasteiger partial charge in [-0.3, -0.25) is 0 Å². The van der Waals surface area contributed by atoms with E-state index in [1.54, 1.807) is 0 Å². The van der Waals surface area contributed by atoms with Crippen LogP contribution in [0.4, 0.5) is 0 Å². The van der Waals surface area contributed by atoms with Gasteiger partial charge in [-0.1, -0.05) is 39.8 Å². The normalized spacial score (nSPS) is 13.5. The predicted molar refractivity (Wildman–Crippen MR) is 78.3 cm³/mol. The van der Waals surface area contributed by atoms with Gasteiger partial charge in [0.2, 0.25) is 0 Å². The van der Waals surface area contributed by atoms with E-state index in [2.05, 4.69) is 64.6 Å². The highest BCUT2D eigenvalue weighted by atomic mass is 32.1. The Balaban J connectivity index is 2.57. The molecule has 96 valence electrons. The van der Waals surface area contributed by atoms with Crippen LogP contribution in [-0.2, 0) is 5.41 Å².